The number of urea groups is 1. The number of carbonyl (C=O) groups is 1. The van der Waals surface area contributed by atoms with Crippen molar-refractivity contribution in [3.05, 3.63) is 88.0 Å². The third-order valence-electron chi connectivity index (χ3n) is 5.30. The van der Waals surface area contributed by atoms with Crippen molar-refractivity contribution < 1.29 is 18.0 Å². The number of alkyl halides is 3. The van der Waals surface area contributed by atoms with E-state index in [4.69, 9.17) is 0 Å². The van der Waals surface area contributed by atoms with E-state index >= 15 is 0 Å². The molecule has 0 aliphatic carbocycles. The first-order valence-electron chi connectivity index (χ1n) is 10.5. The number of rotatable bonds is 5. The maximum Gasteiger partial charge on any atom is 0.435 e. The highest BCUT2D eigenvalue weighted by atomic mass is 19.4. The van der Waals surface area contributed by atoms with E-state index in [0.29, 0.717) is 22.3 Å². The first kappa shape index (κ1) is 23.1. The number of aromatic amines is 1. The fraction of sp³-hybridized carbons (Fsp3) is 0.208. The zero-order chi connectivity index (χ0) is 24.5. The minimum Gasteiger partial charge on any atom is -0.332 e. The van der Waals surface area contributed by atoms with Gasteiger partial charge in [-0.2, -0.15) is 18.3 Å². The van der Waals surface area contributed by atoms with Gasteiger partial charge in [-0.1, -0.05) is 32.0 Å². The molecule has 2 aromatic carbocycles. The second-order valence-corrected chi connectivity index (χ2v) is 8.08. The van der Waals surface area contributed by atoms with Crippen molar-refractivity contribution in [2.45, 2.75) is 32.5 Å². The van der Waals surface area contributed by atoms with Crippen LogP contribution in [0.2, 0.25) is 0 Å². The summed E-state index contributed by atoms with van der Waals surface area (Å²) in [5.41, 5.74) is 1.26. The smallest absolute Gasteiger partial charge is 0.332 e. The molecule has 0 saturated heterocycles. The van der Waals surface area contributed by atoms with Gasteiger partial charge in [0.2, 0.25) is 5.56 Å². The van der Waals surface area contributed by atoms with Crippen molar-refractivity contribution in [3.63, 3.8) is 0 Å². The number of benzene rings is 2. The van der Waals surface area contributed by atoms with Crippen molar-refractivity contribution in [2.75, 3.05) is 5.32 Å². The summed E-state index contributed by atoms with van der Waals surface area (Å²) in [7, 11) is 0. The number of nitrogens with one attached hydrogen (secondary N) is 3. The van der Waals surface area contributed by atoms with Gasteiger partial charge in [0.1, 0.15) is 0 Å². The van der Waals surface area contributed by atoms with Crippen LogP contribution in [0, 0.1) is 0 Å². The number of carbonyl (C=O) groups excluding carboxylic acids is 1. The molecule has 4 rings (SSSR count). The molecule has 2 heterocycles. The lowest BCUT2D eigenvalue weighted by Crippen LogP contribution is -2.29. The van der Waals surface area contributed by atoms with E-state index in [-0.39, 0.29) is 23.7 Å². The molecule has 176 valence electrons. The average Bonchev–Trinajstić information content (AvgIpc) is 3.23. The van der Waals surface area contributed by atoms with Crippen LogP contribution < -0.4 is 16.2 Å². The number of halogens is 3. The van der Waals surface area contributed by atoms with Crippen LogP contribution >= 0.6 is 0 Å². The number of H-pyrrole nitrogens is 1. The molecular formula is C24H22F3N5O2. The number of nitrogens with zero attached hydrogens (tertiary/aromatic N) is 2. The van der Waals surface area contributed by atoms with Gasteiger partial charge in [0.05, 0.1) is 29.1 Å². The normalized spacial score (nSPS) is 11.7. The van der Waals surface area contributed by atoms with Gasteiger partial charge >= 0.3 is 12.2 Å². The quantitative estimate of drug-likeness (QED) is 0.376. The Morgan fingerprint density at radius 1 is 1.09 bits per heavy atom. The van der Waals surface area contributed by atoms with E-state index in [2.05, 4.69) is 20.7 Å². The molecule has 10 heteroatoms. The van der Waals surface area contributed by atoms with Gasteiger partial charge < -0.3 is 15.6 Å². The van der Waals surface area contributed by atoms with E-state index in [0.717, 1.165) is 11.6 Å². The Bertz CT molecular complexity index is 1410. The van der Waals surface area contributed by atoms with Crippen molar-refractivity contribution in [2.24, 2.45) is 0 Å². The molecule has 2 amide bonds. The highest BCUT2D eigenvalue weighted by Crippen LogP contribution is 2.30. The molecule has 0 fully saturated rings. The molecule has 0 spiro atoms. The molecule has 0 aliphatic rings. The molecule has 0 saturated carbocycles. The number of anilines is 1. The van der Waals surface area contributed by atoms with E-state index in [9.17, 15) is 22.8 Å². The van der Waals surface area contributed by atoms with Crippen LogP contribution in [-0.2, 0) is 12.7 Å². The second kappa shape index (κ2) is 9.05. The number of fused-ring (bicyclic) bond motifs is 1. The van der Waals surface area contributed by atoms with Crippen LogP contribution in [0.5, 0.6) is 0 Å². The highest BCUT2D eigenvalue weighted by Gasteiger charge is 2.35. The highest BCUT2D eigenvalue weighted by molar-refractivity contribution is 6.00. The monoisotopic (exact) mass is 469 g/mol. The van der Waals surface area contributed by atoms with Crippen LogP contribution in [0.3, 0.4) is 0 Å². The number of pyridine rings is 1. The lowest BCUT2D eigenvalue weighted by Gasteiger charge is -2.13. The number of hydrogen-bond donors (Lipinski definition) is 3. The van der Waals surface area contributed by atoms with Crippen LogP contribution in [0.15, 0.2) is 65.5 Å². The van der Waals surface area contributed by atoms with Gasteiger partial charge in [-0.25, -0.2) is 9.48 Å². The maximum atomic E-state index is 13.4. The van der Waals surface area contributed by atoms with E-state index < -0.39 is 17.9 Å². The Morgan fingerprint density at radius 3 is 2.59 bits per heavy atom. The molecule has 0 unspecified atom stereocenters. The maximum absolute atomic E-state index is 13.4. The van der Waals surface area contributed by atoms with E-state index in [1.807, 2.05) is 19.9 Å². The van der Waals surface area contributed by atoms with Gasteiger partial charge in [-0.05, 0) is 47.9 Å². The van der Waals surface area contributed by atoms with Crippen LogP contribution in [0.1, 0.15) is 36.7 Å². The molecule has 7 nitrogen and oxygen atoms in total. The molecule has 4 aromatic rings. The molecule has 0 atom stereocenters. The van der Waals surface area contributed by atoms with Crippen molar-refractivity contribution >= 4 is 22.6 Å². The molecule has 0 bridgehead atoms. The number of amides is 2. The average molecular weight is 469 g/mol. The molecule has 34 heavy (non-hydrogen) atoms. The molecule has 2 aromatic heterocycles. The van der Waals surface area contributed by atoms with Gasteiger partial charge in [0.25, 0.3) is 0 Å². The summed E-state index contributed by atoms with van der Waals surface area (Å²) < 4.78 is 41.3. The lowest BCUT2D eigenvalue weighted by atomic mass is 10.0. The summed E-state index contributed by atoms with van der Waals surface area (Å²) >= 11 is 0. The Labute approximate surface area is 192 Å². The Morgan fingerprint density at radius 2 is 1.85 bits per heavy atom. The summed E-state index contributed by atoms with van der Waals surface area (Å²) in [6, 6.07) is 15.3. The van der Waals surface area contributed by atoms with Gasteiger partial charge in [-0.3, -0.25) is 4.79 Å². The second-order valence-electron chi connectivity index (χ2n) is 8.08. The molecular weight excluding hydrogens is 447 g/mol. The largest absolute Gasteiger partial charge is 0.435 e. The molecule has 0 radical (unpaired) electrons. The lowest BCUT2D eigenvalue weighted by molar-refractivity contribution is -0.141. The Hall–Kier alpha value is -4.08. The zero-order valence-corrected chi connectivity index (χ0v) is 18.4. The third kappa shape index (κ3) is 4.95. The van der Waals surface area contributed by atoms with Crippen LogP contribution in [0.25, 0.3) is 16.6 Å². The summed E-state index contributed by atoms with van der Waals surface area (Å²) in [5, 5.41) is 9.62. The van der Waals surface area contributed by atoms with Gasteiger partial charge in [0, 0.05) is 11.5 Å². The first-order chi connectivity index (χ1) is 16.1. The first-order valence-corrected chi connectivity index (χ1v) is 10.5. The SMILES string of the molecule is CC(C)c1cccc(-n2nc(C(F)(F)F)cc2CNC(=O)Nc2cccc3[nH]c(=O)ccc23)c1. The van der Waals surface area contributed by atoms with Crippen molar-refractivity contribution in [1.82, 2.24) is 20.1 Å². The summed E-state index contributed by atoms with van der Waals surface area (Å²) in [6.07, 6.45) is -4.63. The predicted octanol–water partition coefficient (Wildman–Crippen LogP) is 5.18. The Balaban J connectivity index is 1.58. The van der Waals surface area contributed by atoms with Crippen molar-refractivity contribution in [1.29, 1.82) is 0 Å². The molecule has 0 aliphatic heterocycles. The third-order valence-corrected chi connectivity index (χ3v) is 5.30. The van der Waals surface area contributed by atoms with Crippen LogP contribution in [0.4, 0.5) is 23.7 Å². The number of hydrogen-bond acceptors (Lipinski definition) is 3. The number of aromatic nitrogens is 3. The predicted molar refractivity (Wildman–Crippen MR) is 123 cm³/mol. The Kier molecular flexibility index (Phi) is 6.14. The topological polar surface area (TPSA) is 91.8 Å². The minimum absolute atomic E-state index is 0.172. The van der Waals surface area contributed by atoms with Crippen molar-refractivity contribution in [3.8, 4) is 5.69 Å². The fourth-order valence-corrected chi connectivity index (χ4v) is 3.56. The van der Waals surface area contributed by atoms with Gasteiger partial charge in [-0.15, -0.1) is 0 Å². The standard InChI is InChI=1S/C24H22F3N5O2/c1-14(2)15-5-3-6-16(11-15)32-17(12-21(31-32)24(25,26)27)13-28-23(34)30-20-8-4-7-19-18(20)9-10-22(33)29-19/h3-12,14H,13H2,1-2H3,(H,29,33)(H2,28,30,34). The van der Waals surface area contributed by atoms with E-state index in [1.54, 1.807) is 42.5 Å². The fourth-order valence-electron chi connectivity index (χ4n) is 3.56. The minimum atomic E-state index is -4.63. The zero-order valence-electron chi connectivity index (χ0n) is 18.4. The summed E-state index contributed by atoms with van der Waals surface area (Å²) in [6.45, 7) is 3.78. The summed E-state index contributed by atoms with van der Waals surface area (Å²) in [5.74, 6) is 0.181. The summed E-state index contributed by atoms with van der Waals surface area (Å²) in [4.78, 5) is 26.7. The van der Waals surface area contributed by atoms with E-state index in [1.165, 1.54) is 10.7 Å². The molecule has 3 N–H and O–H groups in total. The van der Waals surface area contributed by atoms with Crippen LogP contribution in [-0.4, -0.2) is 20.8 Å². The van der Waals surface area contributed by atoms with Gasteiger partial charge in [0.15, 0.2) is 5.69 Å².